The SMILES string of the molecule is Cc1ccc(C)c(COC2CN(OC(=O)OC(C)(C)C)CCC2c2ccc(OCCCOCc3ccccc3)cc2)c1. The second-order valence-corrected chi connectivity index (χ2v) is 11.9. The van der Waals surface area contributed by atoms with E-state index >= 15 is 0 Å². The molecule has 1 aliphatic rings. The standard InChI is InChI=1S/C35H45NO6/c1-26-12-13-27(2)30(22-26)25-40-33-23-36(42-34(37)41-35(3,4)5)19-18-32(33)29-14-16-31(17-15-29)39-21-9-20-38-24-28-10-7-6-8-11-28/h6-8,10-17,22,32-33H,9,18-21,23-25H2,1-5H3. The highest BCUT2D eigenvalue weighted by Gasteiger charge is 2.34. The third-order valence-corrected chi connectivity index (χ3v) is 7.19. The molecule has 0 aliphatic carbocycles. The van der Waals surface area contributed by atoms with Crippen LogP contribution >= 0.6 is 0 Å². The lowest BCUT2D eigenvalue weighted by Gasteiger charge is -2.37. The summed E-state index contributed by atoms with van der Waals surface area (Å²) in [7, 11) is 0. The van der Waals surface area contributed by atoms with Crippen molar-refractivity contribution in [2.45, 2.75) is 78.3 Å². The highest BCUT2D eigenvalue weighted by Crippen LogP contribution is 2.33. The number of hydrogen-bond acceptors (Lipinski definition) is 7. The molecule has 2 unspecified atom stereocenters. The topological polar surface area (TPSA) is 66.5 Å². The predicted molar refractivity (Wildman–Crippen MR) is 163 cm³/mol. The van der Waals surface area contributed by atoms with Crippen molar-refractivity contribution in [1.29, 1.82) is 0 Å². The van der Waals surface area contributed by atoms with Crippen molar-refractivity contribution in [3.8, 4) is 5.75 Å². The van der Waals surface area contributed by atoms with Gasteiger partial charge in [-0.3, -0.25) is 0 Å². The Morgan fingerprint density at radius 3 is 2.43 bits per heavy atom. The second kappa shape index (κ2) is 15.2. The summed E-state index contributed by atoms with van der Waals surface area (Å²) in [6.45, 7) is 13.0. The molecular formula is C35H45NO6. The Hall–Kier alpha value is -3.39. The lowest BCUT2D eigenvalue weighted by molar-refractivity contribution is -0.179. The minimum Gasteiger partial charge on any atom is -0.494 e. The first-order valence-corrected chi connectivity index (χ1v) is 14.8. The number of piperidine rings is 1. The van der Waals surface area contributed by atoms with E-state index < -0.39 is 11.8 Å². The van der Waals surface area contributed by atoms with E-state index in [4.69, 9.17) is 23.8 Å². The Labute approximate surface area is 250 Å². The summed E-state index contributed by atoms with van der Waals surface area (Å²) in [6.07, 6.45) is 0.730. The molecule has 7 nitrogen and oxygen atoms in total. The first-order valence-electron chi connectivity index (χ1n) is 14.8. The number of nitrogens with zero attached hydrogens (tertiary/aromatic N) is 1. The average molecular weight is 576 g/mol. The molecule has 0 radical (unpaired) electrons. The highest BCUT2D eigenvalue weighted by atomic mass is 16.8. The van der Waals surface area contributed by atoms with Gasteiger partial charge in [-0.15, -0.1) is 5.06 Å². The fourth-order valence-electron chi connectivity index (χ4n) is 4.97. The molecule has 4 rings (SSSR count). The van der Waals surface area contributed by atoms with Crippen molar-refractivity contribution >= 4 is 6.16 Å². The summed E-state index contributed by atoms with van der Waals surface area (Å²) in [5.41, 5.74) is 5.29. The van der Waals surface area contributed by atoms with E-state index in [1.54, 1.807) is 5.06 Å². The highest BCUT2D eigenvalue weighted by molar-refractivity contribution is 5.60. The number of ether oxygens (including phenoxy) is 4. The lowest BCUT2D eigenvalue weighted by Crippen LogP contribution is -2.45. The molecule has 1 saturated heterocycles. The second-order valence-electron chi connectivity index (χ2n) is 11.9. The Balaban J connectivity index is 1.33. The molecule has 0 N–H and O–H groups in total. The van der Waals surface area contributed by atoms with Crippen LogP contribution in [-0.2, 0) is 32.3 Å². The van der Waals surface area contributed by atoms with Crippen LogP contribution in [0, 0.1) is 13.8 Å². The molecule has 0 amide bonds. The van der Waals surface area contributed by atoms with Gasteiger partial charge in [0.15, 0.2) is 0 Å². The van der Waals surface area contributed by atoms with Gasteiger partial charge in [-0.05, 0) is 75.4 Å². The molecule has 0 aromatic heterocycles. The third-order valence-electron chi connectivity index (χ3n) is 7.19. The van der Waals surface area contributed by atoms with Crippen molar-refractivity contribution in [3.63, 3.8) is 0 Å². The van der Waals surface area contributed by atoms with Gasteiger partial charge in [-0.25, -0.2) is 4.79 Å². The minimum atomic E-state index is -0.693. The molecule has 3 aromatic carbocycles. The summed E-state index contributed by atoms with van der Waals surface area (Å²) in [5, 5.41) is 1.66. The van der Waals surface area contributed by atoms with E-state index in [-0.39, 0.29) is 12.0 Å². The van der Waals surface area contributed by atoms with Gasteiger partial charge in [0.2, 0.25) is 0 Å². The van der Waals surface area contributed by atoms with Crippen LogP contribution in [0.5, 0.6) is 5.75 Å². The zero-order valence-electron chi connectivity index (χ0n) is 25.6. The first-order chi connectivity index (χ1) is 20.2. The molecule has 1 fully saturated rings. The maximum atomic E-state index is 12.3. The number of carbonyl (C=O) groups is 1. The molecule has 0 saturated carbocycles. The Bertz CT molecular complexity index is 1250. The van der Waals surface area contributed by atoms with Crippen molar-refractivity contribution in [2.24, 2.45) is 0 Å². The normalized spacial score (nSPS) is 17.5. The summed E-state index contributed by atoms with van der Waals surface area (Å²) in [6, 6.07) is 24.8. The summed E-state index contributed by atoms with van der Waals surface area (Å²) < 4.78 is 23.6. The van der Waals surface area contributed by atoms with E-state index in [9.17, 15) is 4.79 Å². The van der Waals surface area contributed by atoms with Crippen LogP contribution in [0.3, 0.4) is 0 Å². The van der Waals surface area contributed by atoms with Crippen molar-refractivity contribution in [2.75, 3.05) is 26.3 Å². The quantitative estimate of drug-likeness (QED) is 0.163. The number of rotatable bonds is 12. The molecule has 3 aromatic rings. The number of hydrogen-bond donors (Lipinski definition) is 0. The van der Waals surface area contributed by atoms with Crippen LogP contribution in [0.15, 0.2) is 72.8 Å². The minimum absolute atomic E-state index is 0.147. The van der Waals surface area contributed by atoms with Crippen LogP contribution in [0.1, 0.15) is 67.3 Å². The Morgan fingerprint density at radius 1 is 0.929 bits per heavy atom. The van der Waals surface area contributed by atoms with Crippen molar-refractivity contribution < 1.29 is 28.6 Å². The van der Waals surface area contributed by atoms with E-state index in [0.29, 0.717) is 39.5 Å². The molecule has 7 heteroatoms. The van der Waals surface area contributed by atoms with Gasteiger partial charge in [0, 0.05) is 18.9 Å². The zero-order valence-corrected chi connectivity index (χ0v) is 25.6. The van der Waals surface area contributed by atoms with Gasteiger partial charge in [0.05, 0.1) is 39.1 Å². The largest absolute Gasteiger partial charge is 0.528 e. The van der Waals surface area contributed by atoms with Crippen LogP contribution in [0.4, 0.5) is 4.79 Å². The zero-order chi connectivity index (χ0) is 30.0. The number of benzene rings is 3. The summed E-state index contributed by atoms with van der Waals surface area (Å²) >= 11 is 0. The maximum absolute atomic E-state index is 12.3. The predicted octanol–water partition coefficient (Wildman–Crippen LogP) is 7.53. The summed E-state index contributed by atoms with van der Waals surface area (Å²) in [5.74, 6) is 0.981. The van der Waals surface area contributed by atoms with Gasteiger partial charge < -0.3 is 23.8 Å². The van der Waals surface area contributed by atoms with Crippen LogP contribution < -0.4 is 4.74 Å². The van der Waals surface area contributed by atoms with Gasteiger partial charge >= 0.3 is 6.16 Å². The fourth-order valence-corrected chi connectivity index (χ4v) is 4.97. The summed E-state index contributed by atoms with van der Waals surface area (Å²) in [4.78, 5) is 17.9. The molecule has 42 heavy (non-hydrogen) atoms. The monoisotopic (exact) mass is 575 g/mol. The Morgan fingerprint density at radius 2 is 1.69 bits per heavy atom. The van der Waals surface area contributed by atoms with Crippen molar-refractivity contribution in [3.05, 3.63) is 101 Å². The number of hydroxylamine groups is 2. The van der Waals surface area contributed by atoms with Crippen LogP contribution in [-0.4, -0.2) is 49.2 Å². The van der Waals surface area contributed by atoms with E-state index in [1.807, 2.05) is 51.1 Å². The maximum Gasteiger partial charge on any atom is 0.528 e. The van der Waals surface area contributed by atoms with Gasteiger partial charge in [0.1, 0.15) is 11.4 Å². The van der Waals surface area contributed by atoms with Crippen LogP contribution in [0.2, 0.25) is 0 Å². The molecule has 0 spiro atoms. The smallest absolute Gasteiger partial charge is 0.494 e. The molecule has 2 atom stereocenters. The number of aryl methyl sites for hydroxylation is 2. The molecular weight excluding hydrogens is 530 g/mol. The Kier molecular flexibility index (Phi) is 11.4. The molecule has 0 bridgehead atoms. The van der Waals surface area contributed by atoms with Crippen LogP contribution in [0.25, 0.3) is 0 Å². The number of carbonyl (C=O) groups excluding carboxylic acids is 1. The van der Waals surface area contributed by atoms with Crippen molar-refractivity contribution in [1.82, 2.24) is 5.06 Å². The fraction of sp³-hybridized carbons (Fsp3) is 0.457. The van der Waals surface area contributed by atoms with Gasteiger partial charge in [-0.1, -0.05) is 66.2 Å². The molecule has 226 valence electrons. The third kappa shape index (κ3) is 10.2. The first kappa shape index (κ1) is 31.5. The lowest BCUT2D eigenvalue weighted by atomic mass is 9.87. The van der Waals surface area contributed by atoms with E-state index in [0.717, 1.165) is 24.2 Å². The molecule has 1 heterocycles. The van der Waals surface area contributed by atoms with Gasteiger partial charge in [0.25, 0.3) is 0 Å². The molecule has 1 aliphatic heterocycles. The van der Waals surface area contributed by atoms with E-state index in [1.165, 1.54) is 22.3 Å². The van der Waals surface area contributed by atoms with Gasteiger partial charge in [-0.2, -0.15) is 0 Å². The van der Waals surface area contributed by atoms with E-state index in [2.05, 4.69) is 56.3 Å². The average Bonchev–Trinajstić information content (AvgIpc) is 2.95.